The number of nitro benzene ring substituents is 1. The fraction of sp³-hybridized carbons (Fsp3) is 0.125. The highest BCUT2D eigenvalue weighted by Crippen LogP contribution is 2.31. The first-order chi connectivity index (χ1) is 20.8. The number of benzene rings is 3. The number of hydrogen-bond donors (Lipinski definition) is 1. The van der Waals surface area contributed by atoms with Crippen molar-refractivity contribution >= 4 is 29.4 Å². The van der Waals surface area contributed by atoms with E-state index >= 15 is 0 Å². The van der Waals surface area contributed by atoms with Crippen molar-refractivity contribution in [3.63, 3.8) is 0 Å². The number of para-hydroxylation sites is 1. The van der Waals surface area contributed by atoms with Crippen LogP contribution in [0.1, 0.15) is 38.8 Å². The maximum atomic E-state index is 12.6. The third kappa shape index (κ3) is 7.11. The molecule has 1 amide bonds. The molecular formula is C32H27ClN4O6. The van der Waals surface area contributed by atoms with Gasteiger partial charge in [-0.3, -0.25) is 14.9 Å². The standard InChI is InChI=1S/C32H27ClN4O6/c1-21-6-7-22(2)36(21)26-12-14-27(15-13-26)41-20-28-16-17-30(43-28)32(38)35-34-18-24-4-3-5-29(37(39)40)31(24)42-19-23-8-10-25(33)11-9-23/h3-18H,19-20H2,1-2H3,(H,35,38)/b34-18+. The number of furan rings is 1. The van der Waals surface area contributed by atoms with E-state index in [2.05, 4.69) is 41.1 Å². The average molecular weight is 599 g/mol. The maximum Gasteiger partial charge on any atom is 0.311 e. The number of aromatic nitrogens is 1. The highest BCUT2D eigenvalue weighted by molar-refractivity contribution is 6.30. The van der Waals surface area contributed by atoms with Gasteiger partial charge in [-0.2, -0.15) is 5.10 Å². The van der Waals surface area contributed by atoms with Crippen molar-refractivity contribution in [2.75, 3.05) is 0 Å². The lowest BCUT2D eigenvalue weighted by Crippen LogP contribution is -2.17. The van der Waals surface area contributed by atoms with Crippen molar-refractivity contribution in [3.8, 4) is 17.2 Å². The highest BCUT2D eigenvalue weighted by atomic mass is 35.5. The summed E-state index contributed by atoms with van der Waals surface area (Å²) in [6, 6.07) is 26.3. The Morgan fingerprint density at radius 1 is 0.953 bits per heavy atom. The molecule has 10 nitrogen and oxygen atoms in total. The Kier molecular flexibility index (Phi) is 8.88. The van der Waals surface area contributed by atoms with E-state index in [1.54, 1.807) is 36.4 Å². The van der Waals surface area contributed by atoms with Crippen LogP contribution in [0, 0.1) is 24.0 Å². The Morgan fingerprint density at radius 3 is 2.37 bits per heavy atom. The predicted molar refractivity (Wildman–Crippen MR) is 162 cm³/mol. The predicted octanol–water partition coefficient (Wildman–Crippen LogP) is 7.17. The Labute approximate surface area is 252 Å². The largest absolute Gasteiger partial charge is 0.486 e. The number of amides is 1. The Morgan fingerprint density at radius 2 is 1.67 bits per heavy atom. The summed E-state index contributed by atoms with van der Waals surface area (Å²) in [6.45, 7) is 4.30. The number of halogens is 1. The van der Waals surface area contributed by atoms with Crippen LogP contribution in [0.5, 0.6) is 11.5 Å². The molecule has 218 valence electrons. The molecule has 0 unspecified atom stereocenters. The fourth-order valence-electron chi connectivity index (χ4n) is 4.40. The number of hydrogen-bond acceptors (Lipinski definition) is 7. The normalized spacial score (nSPS) is 11.0. The number of rotatable bonds is 11. The van der Waals surface area contributed by atoms with Crippen LogP contribution in [-0.4, -0.2) is 21.6 Å². The minimum atomic E-state index is -0.599. The van der Waals surface area contributed by atoms with Gasteiger partial charge in [-0.25, -0.2) is 5.43 Å². The van der Waals surface area contributed by atoms with Gasteiger partial charge in [0.15, 0.2) is 5.76 Å². The Bertz CT molecular complexity index is 1760. The van der Waals surface area contributed by atoms with Crippen molar-refractivity contribution in [3.05, 3.63) is 140 Å². The number of carbonyl (C=O) groups is 1. The van der Waals surface area contributed by atoms with E-state index in [0.717, 1.165) is 22.6 Å². The molecular weight excluding hydrogens is 572 g/mol. The van der Waals surface area contributed by atoms with Crippen LogP contribution in [0.25, 0.3) is 5.69 Å². The summed E-state index contributed by atoms with van der Waals surface area (Å²) in [5, 5.41) is 16.1. The molecule has 5 rings (SSSR count). The zero-order valence-electron chi connectivity index (χ0n) is 23.3. The average Bonchev–Trinajstić information content (AvgIpc) is 3.62. The minimum absolute atomic E-state index is 0.0181. The van der Waals surface area contributed by atoms with E-state index in [4.69, 9.17) is 25.5 Å². The second kappa shape index (κ2) is 13.1. The fourth-order valence-corrected chi connectivity index (χ4v) is 4.52. The molecule has 0 radical (unpaired) electrons. The van der Waals surface area contributed by atoms with Crippen molar-refractivity contribution in [1.29, 1.82) is 0 Å². The van der Waals surface area contributed by atoms with Gasteiger partial charge in [0.25, 0.3) is 0 Å². The molecule has 0 saturated heterocycles. The lowest BCUT2D eigenvalue weighted by Gasteiger charge is -2.10. The molecule has 0 aliphatic rings. The van der Waals surface area contributed by atoms with E-state index in [1.807, 2.05) is 24.3 Å². The summed E-state index contributed by atoms with van der Waals surface area (Å²) in [7, 11) is 0. The first-order valence-corrected chi connectivity index (χ1v) is 13.6. The van der Waals surface area contributed by atoms with Crippen LogP contribution in [0.2, 0.25) is 5.02 Å². The summed E-state index contributed by atoms with van der Waals surface area (Å²) in [4.78, 5) is 23.7. The van der Waals surface area contributed by atoms with Crippen LogP contribution in [-0.2, 0) is 13.2 Å². The summed E-state index contributed by atoms with van der Waals surface area (Å²) in [5.74, 6) is 0.557. The quantitative estimate of drug-likeness (QED) is 0.0977. The molecule has 3 aromatic carbocycles. The number of nitrogens with one attached hydrogen (secondary N) is 1. The van der Waals surface area contributed by atoms with Gasteiger partial charge in [0.2, 0.25) is 5.75 Å². The number of carbonyl (C=O) groups excluding carboxylic acids is 1. The minimum Gasteiger partial charge on any atom is -0.486 e. The molecule has 0 aliphatic heterocycles. The summed E-state index contributed by atoms with van der Waals surface area (Å²) in [5.41, 5.74) is 6.55. The third-order valence-electron chi connectivity index (χ3n) is 6.52. The van der Waals surface area contributed by atoms with Gasteiger partial charge in [0.1, 0.15) is 24.7 Å². The molecule has 0 atom stereocenters. The van der Waals surface area contributed by atoms with Crippen molar-refractivity contribution in [2.45, 2.75) is 27.1 Å². The smallest absolute Gasteiger partial charge is 0.311 e. The van der Waals surface area contributed by atoms with Crippen molar-refractivity contribution in [1.82, 2.24) is 9.99 Å². The van der Waals surface area contributed by atoms with Crippen LogP contribution >= 0.6 is 11.6 Å². The Hall–Kier alpha value is -5.35. The molecule has 43 heavy (non-hydrogen) atoms. The van der Waals surface area contributed by atoms with Crippen LogP contribution in [0.4, 0.5) is 5.69 Å². The number of nitrogens with zero attached hydrogens (tertiary/aromatic N) is 3. The molecule has 11 heteroatoms. The zero-order valence-corrected chi connectivity index (χ0v) is 24.1. The number of nitro groups is 1. The van der Waals surface area contributed by atoms with E-state index in [0.29, 0.717) is 22.1 Å². The topological polar surface area (TPSA) is 121 Å². The Balaban J connectivity index is 1.19. The molecule has 2 heterocycles. The second-order valence-electron chi connectivity index (χ2n) is 9.57. The number of hydrazone groups is 1. The highest BCUT2D eigenvalue weighted by Gasteiger charge is 2.19. The van der Waals surface area contributed by atoms with Crippen molar-refractivity contribution in [2.24, 2.45) is 5.10 Å². The van der Waals surface area contributed by atoms with Gasteiger partial charge in [0.05, 0.1) is 11.1 Å². The number of ether oxygens (including phenoxy) is 2. The van der Waals surface area contributed by atoms with Gasteiger partial charge in [-0.1, -0.05) is 29.8 Å². The molecule has 2 aromatic heterocycles. The monoisotopic (exact) mass is 598 g/mol. The van der Waals surface area contributed by atoms with E-state index < -0.39 is 10.8 Å². The molecule has 1 N–H and O–H groups in total. The van der Waals surface area contributed by atoms with Gasteiger partial charge in [0, 0.05) is 33.7 Å². The van der Waals surface area contributed by atoms with E-state index in [9.17, 15) is 14.9 Å². The molecule has 0 aliphatic carbocycles. The lowest BCUT2D eigenvalue weighted by molar-refractivity contribution is -0.385. The van der Waals surface area contributed by atoms with Gasteiger partial charge in [-0.15, -0.1) is 0 Å². The van der Waals surface area contributed by atoms with E-state index in [1.165, 1.54) is 24.4 Å². The summed E-state index contributed by atoms with van der Waals surface area (Å²) >= 11 is 5.92. The molecule has 0 saturated carbocycles. The zero-order chi connectivity index (χ0) is 30.3. The second-order valence-corrected chi connectivity index (χ2v) is 10.0. The molecule has 0 spiro atoms. The van der Waals surface area contributed by atoms with Crippen LogP contribution in [0.3, 0.4) is 0 Å². The number of aryl methyl sites for hydroxylation is 2. The first kappa shape index (κ1) is 29.2. The first-order valence-electron chi connectivity index (χ1n) is 13.2. The van der Waals surface area contributed by atoms with Crippen molar-refractivity contribution < 1.29 is 23.6 Å². The van der Waals surface area contributed by atoms with Gasteiger partial charge in [-0.05, 0) is 86.1 Å². The third-order valence-corrected chi connectivity index (χ3v) is 6.77. The molecule has 0 bridgehead atoms. The lowest BCUT2D eigenvalue weighted by atomic mass is 10.2. The van der Waals surface area contributed by atoms with Gasteiger partial charge < -0.3 is 18.5 Å². The summed E-state index contributed by atoms with van der Waals surface area (Å²) in [6.07, 6.45) is 1.27. The SMILES string of the molecule is Cc1ccc(C)n1-c1ccc(OCc2ccc(C(=O)N/N=C/c3cccc([N+](=O)[O-])c3OCc3ccc(Cl)cc3)o2)cc1. The van der Waals surface area contributed by atoms with Crippen LogP contribution in [0.15, 0.2) is 101 Å². The maximum absolute atomic E-state index is 12.6. The van der Waals surface area contributed by atoms with Crippen LogP contribution < -0.4 is 14.9 Å². The van der Waals surface area contributed by atoms with E-state index in [-0.39, 0.29) is 30.4 Å². The summed E-state index contributed by atoms with van der Waals surface area (Å²) < 4.78 is 19.4. The van der Waals surface area contributed by atoms with Gasteiger partial charge >= 0.3 is 11.6 Å². The molecule has 5 aromatic rings. The molecule has 0 fully saturated rings.